The van der Waals surface area contributed by atoms with Crippen molar-refractivity contribution in [2.24, 2.45) is 0 Å². The minimum absolute atomic E-state index is 0.155. The first kappa shape index (κ1) is 28.3. The number of nitrogens with one attached hydrogen (secondary N) is 1. The van der Waals surface area contributed by atoms with Crippen molar-refractivity contribution < 1.29 is 14.3 Å². The van der Waals surface area contributed by atoms with Crippen LogP contribution in [-0.2, 0) is 22.6 Å². The van der Waals surface area contributed by atoms with E-state index in [1.165, 1.54) is 0 Å². The van der Waals surface area contributed by atoms with Crippen molar-refractivity contribution in [3.63, 3.8) is 0 Å². The number of rotatable bonds is 12. The highest BCUT2D eigenvalue weighted by Crippen LogP contribution is 2.26. The van der Waals surface area contributed by atoms with Gasteiger partial charge in [-0.05, 0) is 67.1 Å². The van der Waals surface area contributed by atoms with Crippen molar-refractivity contribution >= 4 is 23.4 Å². The van der Waals surface area contributed by atoms with E-state index >= 15 is 0 Å². The first-order valence-corrected chi connectivity index (χ1v) is 13.2. The maximum Gasteiger partial charge on any atom is 0.261 e. The highest BCUT2D eigenvalue weighted by atomic mass is 35.5. The maximum atomic E-state index is 13.7. The van der Waals surface area contributed by atoms with E-state index in [1.54, 1.807) is 4.90 Å². The Bertz CT molecular complexity index is 1170. The number of ether oxygens (including phenoxy) is 1. The zero-order chi connectivity index (χ0) is 26.8. The summed E-state index contributed by atoms with van der Waals surface area (Å²) in [6.07, 6.45) is 2.27. The van der Waals surface area contributed by atoms with E-state index in [0.717, 1.165) is 40.7 Å². The Morgan fingerprint density at radius 2 is 1.59 bits per heavy atom. The Morgan fingerprint density at radius 3 is 2.24 bits per heavy atom. The van der Waals surface area contributed by atoms with Gasteiger partial charge in [-0.15, -0.1) is 0 Å². The predicted molar refractivity (Wildman–Crippen MR) is 150 cm³/mol. The average Bonchev–Trinajstić information content (AvgIpc) is 2.89. The summed E-state index contributed by atoms with van der Waals surface area (Å²) in [6.45, 7) is 8.62. The molecule has 0 saturated heterocycles. The molecule has 2 amide bonds. The number of carbonyl (C=O) groups is 2. The molecule has 0 aliphatic carbocycles. The van der Waals surface area contributed by atoms with Gasteiger partial charge >= 0.3 is 0 Å². The molecule has 0 radical (unpaired) electrons. The van der Waals surface area contributed by atoms with Gasteiger partial charge < -0.3 is 15.0 Å². The summed E-state index contributed by atoms with van der Waals surface area (Å²) in [6, 6.07) is 20.7. The molecule has 3 aromatic rings. The van der Waals surface area contributed by atoms with Gasteiger partial charge in [0, 0.05) is 24.5 Å². The monoisotopic (exact) mass is 520 g/mol. The topological polar surface area (TPSA) is 58.6 Å². The summed E-state index contributed by atoms with van der Waals surface area (Å²) in [5, 5.41) is 3.73. The number of halogens is 1. The summed E-state index contributed by atoms with van der Waals surface area (Å²) >= 11 is 6.30. The third-order valence-electron chi connectivity index (χ3n) is 6.47. The zero-order valence-corrected chi connectivity index (χ0v) is 23.0. The number of carbonyl (C=O) groups excluding carboxylic acids is 2. The molecule has 196 valence electrons. The lowest BCUT2D eigenvalue weighted by molar-refractivity contribution is -0.142. The van der Waals surface area contributed by atoms with Gasteiger partial charge in [0.25, 0.3) is 5.91 Å². The Morgan fingerprint density at radius 1 is 0.946 bits per heavy atom. The number of hydrogen-bond acceptors (Lipinski definition) is 3. The molecule has 3 rings (SSSR count). The molecule has 1 atom stereocenters. The Labute approximate surface area is 225 Å². The van der Waals surface area contributed by atoms with Crippen molar-refractivity contribution in [1.82, 2.24) is 10.2 Å². The van der Waals surface area contributed by atoms with Crippen LogP contribution in [0.4, 0.5) is 0 Å². The lowest BCUT2D eigenvalue weighted by atomic mass is 10.0. The number of unbranched alkanes of at least 4 members (excludes halogenated alkanes) is 1. The van der Waals surface area contributed by atoms with Crippen LogP contribution < -0.4 is 10.1 Å². The van der Waals surface area contributed by atoms with Gasteiger partial charge in [-0.1, -0.05) is 79.5 Å². The fraction of sp³-hybridized carbons (Fsp3) is 0.355. The van der Waals surface area contributed by atoms with E-state index < -0.39 is 6.04 Å². The summed E-state index contributed by atoms with van der Waals surface area (Å²) in [4.78, 5) is 28.9. The first-order chi connectivity index (χ1) is 17.8. The van der Waals surface area contributed by atoms with Crippen LogP contribution in [0, 0.1) is 20.8 Å². The SMILES string of the molecule is CCCCNC(=O)[C@@H](Cc1ccccc1)N(Cc1ccccc1C)C(=O)COc1cc(C)c(Cl)c(C)c1. The van der Waals surface area contributed by atoms with E-state index in [-0.39, 0.29) is 18.4 Å². The Balaban J connectivity index is 1.91. The molecule has 0 saturated carbocycles. The minimum Gasteiger partial charge on any atom is -0.484 e. The van der Waals surface area contributed by atoms with Gasteiger partial charge in [-0.25, -0.2) is 0 Å². The van der Waals surface area contributed by atoms with Crippen molar-refractivity contribution in [3.05, 3.63) is 99.6 Å². The highest BCUT2D eigenvalue weighted by Gasteiger charge is 2.31. The molecule has 1 N–H and O–H groups in total. The largest absolute Gasteiger partial charge is 0.484 e. The van der Waals surface area contributed by atoms with E-state index in [4.69, 9.17) is 16.3 Å². The standard InChI is InChI=1S/C31H37ClN2O3/c1-5-6-16-33-31(36)28(19-25-13-8-7-9-14-25)34(20-26-15-11-10-12-22(26)2)29(35)21-37-27-17-23(3)30(32)24(4)18-27/h7-15,17-18,28H,5-6,16,19-21H2,1-4H3,(H,33,36)/t28-/m1/s1. The second-order valence-corrected chi connectivity index (χ2v) is 9.84. The molecule has 0 fully saturated rings. The second-order valence-electron chi connectivity index (χ2n) is 9.46. The van der Waals surface area contributed by atoms with Crippen LogP contribution >= 0.6 is 11.6 Å². The molecule has 37 heavy (non-hydrogen) atoms. The van der Waals surface area contributed by atoms with Crippen LogP contribution in [0.2, 0.25) is 5.02 Å². The van der Waals surface area contributed by atoms with Crippen LogP contribution in [0.1, 0.15) is 47.6 Å². The number of benzene rings is 3. The lowest BCUT2D eigenvalue weighted by Crippen LogP contribution is -2.52. The van der Waals surface area contributed by atoms with Crippen LogP contribution in [0.25, 0.3) is 0 Å². The first-order valence-electron chi connectivity index (χ1n) is 12.8. The van der Waals surface area contributed by atoms with Gasteiger partial charge in [0.05, 0.1) is 0 Å². The second kappa shape index (κ2) is 13.8. The fourth-order valence-electron chi connectivity index (χ4n) is 4.25. The van der Waals surface area contributed by atoms with Crippen LogP contribution in [0.5, 0.6) is 5.75 Å². The Hall–Kier alpha value is -3.31. The molecule has 0 bridgehead atoms. The molecule has 0 unspecified atom stereocenters. The van der Waals surface area contributed by atoms with E-state index in [9.17, 15) is 9.59 Å². The van der Waals surface area contributed by atoms with Crippen molar-refractivity contribution in [2.75, 3.05) is 13.2 Å². The molecule has 0 spiro atoms. The Kier molecular flexibility index (Phi) is 10.6. The van der Waals surface area contributed by atoms with Gasteiger partial charge in [-0.3, -0.25) is 9.59 Å². The van der Waals surface area contributed by atoms with Crippen LogP contribution in [-0.4, -0.2) is 35.9 Å². The smallest absolute Gasteiger partial charge is 0.261 e. The van der Waals surface area contributed by atoms with E-state index in [0.29, 0.717) is 30.3 Å². The van der Waals surface area contributed by atoms with Crippen molar-refractivity contribution in [3.8, 4) is 5.75 Å². The predicted octanol–water partition coefficient (Wildman–Crippen LogP) is 6.20. The van der Waals surface area contributed by atoms with E-state index in [1.807, 2.05) is 87.5 Å². The van der Waals surface area contributed by atoms with Crippen molar-refractivity contribution in [2.45, 2.75) is 59.5 Å². The molecular formula is C31H37ClN2O3. The molecule has 0 aliphatic rings. The summed E-state index contributed by atoms with van der Waals surface area (Å²) in [5.74, 6) is 0.174. The minimum atomic E-state index is -0.677. The van der Waals surface area contributed by atoms with Crippen LogP contribution in [0.3, 0.4) is 0 Å². The highest BCUT2D eigenvalue weighted by molar-refractivity contribution is 6.32. The molecule has 0 aromatic heterocycles. The summed E-state index contributed by atoms with van der Waals surface area (Å²) < 4.78 is 5.93. The van der Waals surface area contributed by atoms with Gasteiger partial charge in [0.1, 0.15) is 11.8 Å². The molecule has 6 heteroatoms. The van der Waals surface area contributed by atoms with Gasteiger partial charge in [0.2, 0.25) is 5.91 Å². The molecule has 0 heterocycles. The number of hydrogen-bond donors (Lipinski definition) is 1. The number of aryl methyl sites for hydroxylation is 3. The van der Waals surface area contributed by atoms with Crippen molar-refractivity contribution in [1.29, 1.82) is 0 Å². The quantitative estimate of drug-likeness (QED) is 0.289. The molecular weight excluding hydrogens is 484 g/mol. The number of nitrogens with zero attached hydrogens (tertiary/aromatic N) is 1. The molecule has 0 aliphatic heterocycles. The number of amides is 2. The average molecular weight is 521 g/mol. The van der Waals surface area contributed by atoms with Crippen LogP contribution in [0.15, 0.2) is 66.7 Å². The maximum absolute atomic E-state index is 13.7. The fourth-order valence-corrected chi connectivity index (χ4v) is 4.36. The zero-order valence-electron chi connectivity index (χ0n) is 22.2. The molecule has 5 nitrogen and oxygen atoms in total. The van der Waals surface area contributed by atoms with Gasteiger partial charge in [0.15, 0.2) is 6.61 Å². The third kappa shape index (κ3) is 8.09. The molecule has 3 aromatic carbocycles. The summed E-state index contributed by atoms with van der Waals surface area (Å²) in [7, 11) is 0. The lowest BCUT2D eigenvalue weighted by Gasteiger charge is -2.32. The van der Waals surface area contributed by atoms with E-state index in [2.05, 4.69) is 12.2 Å². The third-order valence-corrected chi connectivity index (χ3v) is 7.07. The van der Waals surface area contributed by atoms with Gasteiger partial charge in [-0.2, -0.15) is 0 Å². The summed E-state index contributed by atoms with van der Waals surface area (Å²) in [5.41, 5.74) is 4.82. The normalized spacial score (nSPS) is 11.6.